The summed E-state index contributed by atoms with van der Waals surface area (Å²) in [6.07, 6.45) is 7.87. The van der Waals surface area contributed by atoms with Crippen LogP contribution in [0.1, 0.15) is 37.3 Å². The predicted molar refractivity (Wildman–Crippen MR) is 81.7 cm³/mol. The predicted octanol–water partition coefficient (Wildman–Crippen LogP) is 4.04. The Kier molecular flexibility index (Phi) is 2.43. The lowest BCUT2D eigenvalue weighted by Crippen LogP contribution is -2.01. The lowest BCUT2D eigenvalue weighted by molar-refractivity contribution is 0.906. The Bertz CT molecular complexity index is 829. The van der Waals surface area contributed by atoms with Crippen LogP contribution < -0.4 is 0 Å². The van der Waals surface area contributed by atoms with Crippen LogP contribution in [0.25, 0.3) is 22.8 Å². The molecule has 1 unspecified atom stereocenters. The maximum Gasteiger partial charge on any atom is 0.162 e. The first kappa shape index (κ1) is 11.6. The molecule has 2 heterocycles. The number of imidazole rings is 1. The molecule has 1 saturated carbocycles. The highest BCUT2D eigenvalue weighted by molar-refractivity contribution is 5.84. The zero-order valence-corrected chi connectivity index (χ0v) is 11.7. The van der Waals surface area contributed by atoms with E-state index in [1.165, 1.54) is 17.5 Å². The van der Waals surface area contributed by atoms with Crippen molar-refractivity contribution in [1.82, 2.24) is 14.6 Å². The van der Waals surface area contributed by atoms with E-state index >= 15 is 0 Å². The van der Waals surface area contributed by atoms with Crippen molar-refractivity contribution in [3.05, 3.63) is 47.7 Å². The zero-order chi connectivity index (χ0) is 13.7. The Morgan fingerprint density at radius 2 is 2.05 bits per heavy atom. The van der Waals surface area contributed by atoms with Gasteiger partial charge in [0.2, 0.25) is 0 Å². The monoisotopic (exact) mass is 263 g/mol. The third-order valence-electron chi connectivity index (χ3n) is 4.15. The molecule has 20 heavy (non-hydrogen) atoms. The van der Waals surface area contributed by atoms with Crippen LogP contribution in [0.5, 0.6) is 0 Å². The minimum Gasteiger partial charge on any atom is -0.226 e. The van der Waals surface area contributed by atoms with Gasteiger partial charge in [0.05, 0.1) is 17.2 Å². The van der Waals surface area contributed by atoms with E-state index in [-0.39, 0.29) is 0 Å². The van der Waals surface area contributed by atoms with Gasteiger partial charge in [-0.15, -0.1) is 0 Å². The summed E-state index contributed by atoms with van der Waals surface area (Å²) in [5.74, 6) is 1.45. The fourth-order valence-corrected chi connectivity index (χ4v) is 3.09. The summed E-state index contributed by atoms with van der Waals surface area (Å²) >= 11 is 0. The molecule has 3 heteroatoms. The van der Waals surface area contributed by atoms with Gasteiger partial charge in [-0.3, -0.25) is 0 Å². The molecule has 1 fully saturated rings. The van der Waals surface area contributed by atoms with Crippen LogP contribution in [0.2, 0.25) is 0 Å². The molecule has 0 N–H and O–H groups in total. The van der Waals surface area contributed by atoms with Crippen LogP contribution >= 0.6 is 0 Å². The van der Waals surface area contributed by atoms with E-state index in [4.69, 9.17) is 4.98 Å². The van der Waals surface area contributed by atoms with E-state index < -0.39 is 0 Å². The lowest BCUT2D eigenvalue weighted by Gasteiger charge is -2.09. The van der Waals surface area contributed by atoms with Gasteiger partial charge in [-0.05, 0) is 36.0 Å². The second-order valence-electron chi connectivity index (χ2n) is 5.21. The molecule has 0 amide bonds. The van der Waals surface area contributed by atoms with Crippen LogP contribution in [0.15, 0.2) is 36.5 Å². The number of fused-ring (bicyclic) bond motifs is 7. The highest BCUT2D eigenvalue weighted by Crippen LogP contribution is 2.52. The van der Waals surface area contributed by atoms with Gasteiger partial charge in [0, 0.05) is 5.56 Å². The normalized spacial score (nSPS) is 22.1. The lowest BCUT2D eigenvalue weighted by atomic mass is 10.0. The van der Waals surface area contributed by atoms with Crippen molar-refractivity contribution < 1.29 is 0 Å². The van der Waals surface area contributed by atoms with Crippen molar-refractivity contribution in [1.29, 1.82) is 0 Å². The van der Waals surface area contributed by atoms with Crippen LogP contribution in [-0.4, -0.2) is 14.6 Å². The van der Waals surface area contributed by atoms with E-state index in [0.717, 1.165) is 22.6 Å². The molecular formula is C17H17N3. The molecule has 0 radical (unpaired) electrons. The van der Waals surface area contributed by atoms with Crippen molar-refractivity contribution in [2.75, 3.05) is 0 Å². The quantitative estimate of drug-likeness (QED) is 0.612. The van der Waals surface area contributed by atoms with Gasteiger partial charge < -0.3 is 0 Å². The third-order valence-corrected chi connectivity index (χ3v) is 4.15. The standard InChI is InChI=1S/C15H11N3.C2H6/c1-2-4-14-13(3-1)17-15-10-6-5-9-7-11(9)12(10)8-16-18(14)15;1-2/h1-6,8-9,11H,7H2;1-2H3/t9-,11?;/m0./s1. The summed E-state index contributed by atoms with van der Waals surface area (Å²) in [5.41, 5.74) is 5.74. The van der Waals surface area contributed by atoms with Gasteiger partial charge >= 0.3 is 0 Å². The highest BCUT2D eigenvalue weighted by Gasteiger charge is 2.40. The van der Waals surface area contributed by atoms with Gasteiger partial charge in [-0.2, -0.15) is 5.10 Å². The minimum atomic E-state index is 0.697. The number of hydrogen-bond donors (Lipinski definition) is 0. The van der Waals surface area contributed by atoms with Gasteiger partial charge in [0.1, 0.15) is 0 Å². The molecule has 2 atom stereocenters. The maximum absolute atomic E-state index is 4.73. The van der Waals surface area contributed by atoms with Crippen LogP contribution in [0.4, 0.5) is 0 Å². The summed E-state index contributed by atoms with van der Waals surface area (Å²) < 4.78 is 1.96. The summed E-state index contributed by atoms with van der Waals surface area (Å²) in [6.45, 7) is 4.00. The minimum absolute atomic E-state index is 0.697. The first-order valence-corrected chi connectivity index (χ1v) is 7.36. The Hall–Kier alpha value is -2.16. The zero-order valence-electron chi connectivity index (χ0n) is 11.7. The molecule has 0 aliphatic heterocycles. The third kappa shape index (κ3) is 1.46. The molecule has 3 aromatic rings. The molecular weight excluding hydrogens is 246 g/mol. The smallest absolute Gasteiger partial charge is 0.162 e. The number of para-hydroxylation sites is 2. The number of rotatable bonds is 0. The summed E-state index contributed by atoms with van der Waals surface area (Å²) in [6, 6.07) is 8.17. The van der Waals surface area contributed by atoms with Crippen molar-refractivity contribution in [2.24, 2.45) is 5.92 Å². The Morgan fingerprint density at radius 1 is 1.20 bits per heavy atom. The Morgan fingerprint density at radius 3 is 2.95 bits per heavy atom. The largest absolute Gasteiger partial charge is 0.226 e. The summed E-state index contributed by atoms with van der Waals surface area (Å²) in [5, 5.41) is 4.58. The first-order chi connectivity index (χ1) is 9.92. The number of hydrogen-bond acceptors (Lipinski definition) is 2. The van der Waals surface area contributed by atoms with E-state index in [1.807, 2.05) is 42.8 Å². The Balaban J connectivity index is 0.000000509. The van der Waals surface area contributed by atoms with Crippen molar-refractivity contribution >= 4 is 22.8 Å². The molecule has 0 spiro atoms. The molecule has 5 rings (SSSR count). The highest BCUT2D eigenvalue weighted by atomic mass is 15.3. The number of benzene rings is 1. The van der Waals surface area contributed by atoms with E-state index in [1.54, 1.807) is 0 Å². The topological polar surface area (TPSA) is 30.2 Å². The molecule has 1 aromatic carbocycles. The fraction of sp³-hybridized carbons (Fsp3) is 0.294. The number of nitrogens with zero attached hydrogens (tertiary/aromatic N) is 3. The molecule has 2 aromatic heterocycles. The number of allylic oxidation sites excluding steroid dienone is 1. The van der Waals surface area contributed by atoms with Crippen LogP contribution in [0.3, 0.4) is 0 Å². The van der Waals surface area contributed by atoms with Gasteiger partial charge in [-0.25, -0.2) is 9.50 Å². The average Bonchev–Trinajstić information content (AvgIpc) is 3.22. The van der Waals surface area contributed by atoms with Gasteiger partial charge in [-0.1, -0.05) is 38.1 Å². The molecule has 2 aliphatic carbocycles. The summed E-state index contributed by atoms with van der Waals surface area (Å²) in [7, 11) is 0. The van der Waals surface area contributed by atoms with E-state index in [0.29, 0.717) is 5.92 Å². The first-order valence-electron chi connectivity index (χ1n) is 7.36. The Labute approximate surface area is 117 Å². The van der Waals surface area contributed by atoms with E-state index in [9.17, 15) is 0 Å². The second-order valence-corrected chi connectivity index (χ2v) is 5.21. The molecule has 0 saturated heterocycles. The summed E-state index contributed by atoms with van der Waals surface area (Å²) in [4.78, 5) is 4.73. The maximum atomic E-state index is 4.73. The van der Waals surface area contributed by atoms with Crippen LogP contribution in [-0.2, 0) is 0 Å². The van der Waals surface area contributed by atoms with E-state index in [2.05, 4.69) is 23.3 Å². The van der Waals surface area contributed by atoms with Crippen LogP contribution in [0, 0.1) is 5.92 Å². The SMILES string of the molecule is C1=C[C@H]2CC2c2cnn3c(nc4ccccc43)c21.CC. The van der Waals surface area contributed by atoms with Crippen molar-refractivity contribution in [2.45, 2.75) is 26.2 Å². The average molecular weight is 263 g/mol. The molecule has 2 aliphatic rings. The van der Waals surface area contributed by atoms with Gasteiger partial charge in [0.25, 0.3) is 0 Å². The van der Waals surface area contributed by atoms with Crippen molar-refractivity contribution in [3.8, 4) is 0 Å². The molecule has 0 bridgehead atoms. The van der Waals surface area contributed by atoms with Gasteiger partial charge in [0.15, 0.2) is 5.65 Å². The number of aromatic nitrogens is 3. The second kappa shape index (κ2) is 4.17. The molecule has 3 nitrogen and oxygen atoms in total. The molecule has 100 valence electrons. The fourth-order valence-electron chi connectivity index (χ4n) is 3.09. The van der Waals surface area contributed by atoms with Crippen molar-refractivity contribution in [3.63, 3.8) is 0 Å².